The van der Waals surface area contributed by atoms with Gasteiger partial charge >= 0.3 is 0 Å². The van der Waals surface area contributed by atoms with Crippen LogP contribution in [0.5, 0.6) is 0 Å². The molecule has 0 bridgehead atoms. The Morgan fingerprint density at radius 2 is 1.00 bits per heavy atom. The number of aryl methyl sites for hydroxylation is 2. The number of hydrogen-bond acceptors (Lipinski definition) is 2. The van der Waals surface area contributed by atoms with Crippen molar-refractivity contribution in [3.05, 3.63) is 288 Å². The van der Waals surface area contributed by atoms with E-state index in [2.05, 4.69) is 286 Å². The smallest absolute Gasteiger partial charge is 0.140 e. The molecule has 0 saturated heterocycles. The van der Waals surface area contributed by atoms with Crippen LogP contribution in [0.15, 0.2) is 261 Å². The molecule has 16 aromatic rings. The predicted octanol–water partition coefficient (Wildman–Crippen LogP) is 18.3. The molecule has 84 heavy (non-hydrogen) atoms. The summed E-state index contributed by atoms with van der Waals surface area (Å²) in [6, 6.07) is 97.1. The van der Waals surface area contributed by atoms with E-state index in [0.29, 0.717) is 0 Å². The van der Waals surface area contributed by atoms with Crippen LogP contribution in [-0.4, -0.2) is 18.7 Å². The minimum atomic E-state index is 0.0394. The summed E-state index contributed by atoms with van der Waals surface area (Å²) >= 11 is 0. The first-order chi connectivity index (χ1) is 41.7. The first kappa shape index (κ1) is 45.9. The van der Waals surface area contributed by atoms with Crippen molar-refractivity contribution >= 4 is 110 Å². The number of nitrogens with zero attached hydrogens (tertiary/aromatic N) is 5. The van der Waals surface area contributed by atoms with Crippen molar-refractivity contribution < 1.29 is 0 Å². The van der Waals surface area contributed by atoms with Gasteiger partial charge < -0.3 is 9.13 Å². The Kier molecular flexibility index (Phi) is 9.50. The molecule has 0 fully saturated rings. The lowest BCUT2D eigenvalue weighted by molar-refractivity contribution is 0.907. The highest BCUT2D eigenvalue weighted by Gasteiger charge is 2.40. The minimum absolute atomic E-state index is 0.0394. The first-order valence-electron chi connectivity index (χ1n) is 29.5. The zero-order valence-electron chi connectivity index (χ0n) is 45.8. The number of rotatable bonds is 5. The summed E-state index contributed by atoms with van der Waals surface area (Å²) in [4.78, 5) is 8.81. The maximum atomic E-state index is 6.24. The molecule has 1 unspecified atom stereocenters. The molecule has 1 atom stereocenters. The van der Waals surface area contributed by atoms with E-state index in [4.69, 9.17) is 4.98 Å². The molecule has 19 rings (SSSR count). The van der Waals surface area contributed by atoms with Gasteiger partial charge in [-0.15, -0.1) is 0 Å². The van der Waals surface area contributed by atoms with E-state index in [1.165, 1.54) is 131 Å². The third-order valence-electron chi connectivity index (χ3n) is 18.9. The summed E-state index contributed by atoms with van der Waals surface area (Å²) in [7, 11) is 0. The number of anilines is 2. The molecule has 0 amide bonds. The Labute approximate surface area is 483 Å². The molecule has 2 aliphatic carbocycles. The summed E-state index contributed by atoms with van der Waals surface area (Å²) < 4.78 is 7.72. The molecule has 3 aliphatic rings. The number of fused-ring (bicyclic) bond motifs is 24. The van der Waals surface area contributed by atoms with Crippen LogP contribution in [0.4, 0.5) is 11.5 Å². The number of hydrogen-bond donors (Lipinski definition) is 0. The van der Waals surface area contributed by atoms with E-state index in [1.807, 2.05) is 0 Å². The fourth-order valence-electron chi connectivity index (χ4n) is 15.6. The first-order valence-corrected chi connectivity index (χ1v) is 29.5. The third-order valence-corrected chi connectivity index (χ3v) is 18.9. The van der Waals surface area contributed by atoms with Gasteiger partial charge in [0.15, 0.2) is 0 Å². The molecule has 0 spiro atoms. The van der Waals surface area contributed by atoms with Crippen LogP contribution in [0.1, 0.15) is 29.0 Å². The van der Waals surface area contributed by atoms with Crippen molar-refractivity contribution in [2.75, 3.05) is 4.90 Å². The second kappa shape index (κ2) is 17.4. The fraction of sp³-hybridized carbons (Fsp3) is 0.0506. The molecule has 0 N–H and O–H groups in total. The average molecular weight is 1070 g/mol. The molecule has 0 saturated carbocycles. The molecule has 5 heterocycles. The van der Waals surface area contributed by atoms with Gasteiger partial charge in [0, 0.05) is 77.0 Å². The Bertz CT molecular complexity index is 5650. The normalized spacial score (nSPS) is 14.5. The minimum Gasteiger partial charge on any atom is -0.309 e. The third kappa shape index (κ3) is 6.25. The van der Waals surface area contributed by atoms with Crippen LogP contribution in [-0.2, 0) is 12.8 Å². The van der Waals surface area contributed by atoms with Gasteiger partial charge in [0.2, 0.25) is 0 Å². The zero-order chi connectivity index (χ0) is 54.7. The summed E-state index contributed by atoms with van der Waals surface area (Å²) in [5.41, 5.74) is 19.7. The van der Waals surface area contributed by atoms with Gasteiger partial charge in [-0.2, -0.15) is 0 Å². The van der Waals surface area contributed by atoms with Gasteiger partial charge in [0.05, 0.1) is 39.0 Å². The molecule has 0 radical (unpaired) electrons. The predicted molar refractivity (Wildman–Crippen MR) is 350 cm³/mol. The molecule has 12 aromatic carbocycles. The van der Waals surface area contributed by atoms with Crippen LogP contribution < -0.4 is 15.3 Å². The van der Waals surface area contributed by atoms with Gasteiger partial charge in [-0.1, -0.05) is 218 Å². The molecule has 1 aliphatic heterocycles. The monoisotopic (exact) mass is 1070 g/mol. The molecule has 5 heteroatoms. The highest BCUT2D eigenvalue weighted by molar-refractivity contribution is 6.35. The topological polar surface area (TPSA) is 30.9 Å². The maximum Gasteiger partial charge on any atom is 0.140 e. The van der Waals surface area contributed by atoms with Crippen molar-refractivity contribution in [2.24, 2.45) is 0 Å². The molecular formula is C79H51N5. The second-order valence-corrected chi connectivity index (χ2v) is 23.1. The Balaban J connectivity index is 0.989. The summed E-state index contributed by atoms with van der Waals surface area (Å²) in [5, 5.41) is 16.1. The number of benzene rings is 12. The second-order valence-electron chi connectivity index (χ2n) is 23.1. The lowest BCUT2D eigenvalue weighted by atomic mass is 9.88. The van der Waals surface area contributed by atoms with E-state index >= 15 is 0 Å². The summed E-state index contributed by atoms with van der Waals surface area (Å²) in [6.45, 7) is 0. The molecule has 392 valence electrons. The van der Waals surface area contributed by atoms with Crippen LogP contribution in [0, 0.1) is 0 Å². The van der Waals surface area contributed by atoms with E-state index in [9.17, 15) is 0 Å². The molecule has 4 aromatic heterocycles. The highest BCUT2D eigenvalue weighted by Crippen LogP contribution is 2.56. The van der Waals surface area contributed by atoms with Crippen LogP contribution in [0.2, 0.25) is 0 Å². The van der Waals surface area contributed by atoms with Crippen LogP contribution in [0.25, 0.3) is 138 Å². The number of para-hydroxylation sites is 2. The van der Waals surface area contributed by atoms with Crippen molar-refractivity contribution in [3.63, 3.8) is 0 Å². The quantitative estimate of drug-likeness (QED) is 0.161. The van der Waals surface area contributed by atoms with Crippen molar-refractivity contribution in [2.45, 2.75) is 25.2 Å². The van der Waals surface area contributed by atoms with E-state index in [1.54, 1.807) is 0 Å². The fourth-order valence-corrected chi connectivity index (χ4v) is 15.6. The summed E-state index contributed by atoms with van der Waals surface area (Å²) in [5.74, 6) is 1.81. The zero-order valence-corrected chi connectivity index (χ0v) is 45.8. The Morgan fingerprint density at radius 1 is 0.393 bits per heavy atom. The van der Waals surface area contributed by atoms with E-state index in [0.717, 1.165) is 59.1 Å². The molecule has 5 nitrogen and oxygen atoms in total. The van der Waals surface area contributed by atoms with Gasteiger partial charge in [-0.05, 0) is 117 Å². The van der Waals surface area contributed by atoms with E-state index in [-0.39, 0.29) is 5.92 Å². The average Bonchev–Trinajstić information content (AvgIpc) is 4.11. The van der Waals surface area contributed by atoms with Gasteiger partial charge in [-0.3, -0.25) is 9.47 Å². The number of aromatic nitrogens is 4. The maximum absolute atomic E-state index is 6.24. The van der Waals surface area contributed by atoms with Crippen LogP contribution in [0.3, 0.4) is 0 Å². The Morgan fingerprint density at radius 3 is 1.82 bits per heavy atom. The van der Waals surface area contributed by atoms with E-state index < -0.39 is 0 Å². The van der Waals surface area contributed by atoms with Crippen LogP contribution >= 0.6 is 0 Å². The lowest BCUT2D eigenvalue weighted by Crippen LogP contribution is -2.35. The van der Waals surface area contributed by atoms with Gasteiger partial charge in [-0.25, -0.2) is 4.98 Å². The lowest BCUT2D eigenvalue weighted by Gasteiger charge is -2.26. The van der Waals surface area contributed by atoms with Crippen molar-refractivity contribution in [1.29, 1.82) is 0 Å². The number of pyridine rings is 1. The summed E-state index contributed by atoms with van der Waals surface area (Å²) in [6.07, 6.45) is 5.20. The SMILES string of the molecule is C1=c2ccccc2=C2C(C1)c1c(ccc3c4ccc5ccccc5c4n(-c4ccccc4)c13)N2c1cc(-c2ccccc2)cc(-n2c3c(ccc4c3c3c(n4-c4ccccc4)-c4ccccc4CC3)c3c4ccccc4c4ccccc4c32)n1. The van der Waals surface area contributed by atoms with Gasteiger partial charge in [0.1, 0.15) is 11.6 Å². The van der Waals surface area contributed by atoms with Crippen molar-refractivity contribution in [1.82, 2.24) is 18.7 Å². The standard InChI is InChI=1S/C79H51N5/c1-4-20-48(21-5-1)52-46-69(83-68-44-42-63-62-39-36-49-22-10-13-29-55(49)74(62)82(54-27-8-3-9-28-54)78(63)73(68)66-41-38-51-24-12-15-31-57(51)76(66)83)80-70(47-52)84-77-61-35-19-17-33-59(61)58-32-16-18-34-60(58)71(77)64-43-45-67-72(79(64)84)65-40-37-50-23-11-14-30-56(50)75(65)81(67)53-25-6-2-7-26-53/h1-36,38-39,42-47,66H,37,40-41H2. The van der Waals surface area contributed by atoms with Gasteiger partial charge in [0.25, 0.3) is 0 Å². The Hall–Kier alpha value is -10.8. The highest BCUT2D eigenvalue weighted by atomic mass is 15.3. The largest absolute Gasteiger partial charge is 0.309 e. The molecular weight excluding hydrogens is 1020 g/mol. The van der Waals surface area contributed by atoms with Crippen molar-refractivity contribution in [3.8, 4) is 39.6 Å².